The number of amides is 2. The molecule has 0 aromatic heterocycles. The fourth-order valence-corrected chi connectivity index (χ4v) is 3.26. The van der Waals surface area contributed by atoms with E-state index in [9.17, 15) is 9.59 Å². The predicted octanol–water partition coefficient (Wildman–Crippen LogP) is 1.18. The van der Waals surface area contributed by atoms with Gasteiger partial charge in [0.15, 0.2) is 0 Å². The molecule has 0 spiro atoms. The third kappa shape index (κ3) is 6.77. The van der Waals surface area contributed by atoms with Gasteiger partial charge in [0.1, 0.15) is 0 Å². The summed E-state index contributed by atoms with van der Waals surface area (Å²) in [5.41, 5.74) is 2.32. The van der Waals surface area contributed by atoms with Crippen molar-refractivity contribution in [3.8, 4) is 0 Å². The lowest BCUT2D eigenvalue weighted by Gasteiger charge is -2.37. The lowest BCUT2D eigenvalue weighted by molar-refractivity contribution is -0.126. The largest absolute Gasteiger partial charge is 0.384 e. The van der Waals surface area contributed by atoms with Crippen LogP contribution in [0.1, 0.15) is 30.4 Å². The van der Waals surface area contributed by atoms with Crippen LogP contribution in [0.25, 0.3) is 0 Å². The molecule has 1 aliphatic rings. The minimum Gasteiger partial charge on any atom is -0.384 e. The fraction of sp³-hybridized carbons (Fsp3) is 0.600. The van der Waals surface area contributed by atoms with Crippen LogP contribution >= 0.6 is 0 Å². The Morgan fingerprint density at radius 1 is 1.12 bits per heavy atom. The second-order valence-electron chi connectivity index (χ2n) is 7.22. The molecule has 0 bridgehead atoms. The van der Waals surface area contributed by atoms with Crippen LogP contribution in [-0.2, 0) is 20.7 Å². The first-order valence-corrected chi connectivity index (χ1v) is 9.32. The van der Waals surface area contributed by atoms with Crippen LogP contribution in [0.2, 0.25) is 0 Å². The molecule has 6 heteroatoms. The molecule has 3 N–H and O–H groups in total. The number of rotatable bonds is 9. The summed E-state index contributed by atoms with van der Waals surface area (Å²) in [4.78, 5) is 24.0. The smallest absolute Gasteiger partial charge is 0.239 e. The quantitative estimate of drug-likeness (QED) is 0.617. The van der Waals surface area contributed by atoms with E-state index < -0.39 is 0 Å². The van der Waals surface area contributed by atoms with Crippen molar-refractivity contribution in [3.63, 3.8) is 0 Å². The van der Waals surface area contributed by atoms with Crippen LogP contribution in [0.5, 0.6) is 0 Å². The number of aryl methyl sites for hydroxylation is 2. The molecule has 0 saturated carbocycles. The second-order valence-corrected chi connectivity index (χ2v) is 7.22. The molecule has 1 aromatic rings. The van der Waals surface area contributed by atoms with Crippen molar-refractivity contribution in [2.75, 3.05) is 39.9 Å². The maximum Gasteiger partial charge on any atom is 0.239 e. The molecule has 0 aliphatic carbocycles. The maximum absolute atomic E-state index is 12.1. The van der Waals surface area contributed by atoms with Crippen LogP contribution < -0.4 is 16.0 Å². The molecule has 0 unspecified atom stereocenters. The summed E-state index contributed by atoms with van der Waals surface area (Å²) in [7, 11) is 1.69. The lowest BCUT2D eigenvalue weighted by atomic mass is 9.79. The highest BCUT2D eigenvalue weighted by molar-refractivity contribution is 5.84. The minimum absolute atomic E-state index is 0.00882. The Labute approximate surface area is 156 Å². The van der Waals surface area contributed by atoms with E-state index >= 15 is 0 Å². The number of hydrogen-bond donors (Lipinski definition) is 3. The number of benzene rings is 1. The number of carbonyl (C=O) groups is 2. The van der Waals surface area contributed by atoms with Gasteiger partial charge in [-0.25, -0.2) is 0 Å². The summed E-state index contributed by atoms with van der Waals surface area (Å²) in [6.45, 7) is 5.16. The highest BCUT2D eigenvalue weighted by Gasteiger charge is 2.32. The molecule has 1 aromatic carbocycles. The average molecular weight is 361 g/mol. The van der Waals surface area contributed by atoms with E-state index in [-0.39, 0.29) is 23.8 Å². The Kier molecular flexibility index (Phi) is 8.06. The van der Waals surface area contributed by atoms with Crippen molar-refractivity contribution < 1.29 is 14.3 Å². The Bertz CT molecular complexity index is 575. The van der Waals surface area contributed by atoms with E-state index in [0.29, 0.717) is 26.0 Å². The highest BCUT2D eigenvalue weighted by atomic mass is 16.5. The van der Waals surface area contributed by atoms with Crippen LogP contribution in [0.15, 0.2) is 24.3 Å². The molecular weight excluding hydrogens is 330 g/mol. The number of nitrogens with one attached hydrogen (secondary N) is 3. The van der Waals surface area contributed by atoms with E-state index in [1.165, 1.54) is 5.56 Å². The van der Waals surface area contributed by atoms with Gasteiger partial charge in [-0.3, -0.25) is 9.59 Å². The van der Waals surface area contributed by atoms with Gasteiger partial charge < -0.3 is 20.7 Å². The number of hydrogen-bond acceptors (Lipinski definition) is 4. The Morgan fingerprint density at radius 2 is 1.81 bits per heavy atom. The van der Waals surface area contributed by atoms with Gasteiger partial charge in [-0.2, -0.15) is 0 Å². The number of ether oxygens (including phenoxy) is 1. The number of methoxy groups -OCH3 is 1. The Hall–Kier alpha value is -1.92. The van der Waals surface area contributed by atoms with E-state index in [2.05, 4.69) is 16.0 Å². The standard InChI is InChI=1S/C20H31N3O3/c1-16-3-5-17(6-4-16)7-8-18(24)22-13-19(25)23-14-20(15-26-2)9-11-21-12-10-20/h3-6,21H,7-15H2,1-2H3,(H,22,24)(H,23,25). The average Bonchev–Trinajstić information content (AvgIpc) is 2.65. The van der Waals surface area contributed by atoms with Crippen LogP contribution in [0, 0.1) is 12.3 Å². The molecule has 0 radical (unpaired) electrons. The van der Waals surface area contributed by atoms with Gasteiger partial charge in [-0.05, 0) is 44.8 Å². The van der Waals surface area contributed by atoms with Gasteiger partial charge >= 0.3 is 0 Å². The van der Waals surface area contributed by atoms with Gasteiger partial charge in [-0.15, -0.1) is 0 Å². The fourth-order valence-electron chi connectivity index (χ4n) is 3.26. The molecule has 2 amide bonds. The SMILES string of the molecule is COCC1(CNC(=O)CNC(=O)CCc2ccc(C)cc2)CCNCC1. The van der Waals surface area contributed by atoms with Crippen LogP contribution in [-0.4, -0.2) is 51.7 Å². The molecule has 1 saturated heterocycles. The zero-order valence-electron chi connectivity index (χ0n) is 15.9. The summed E-state index contributed by atoms with van der Waals surface area (Å²) in [6.07, 6.45) is 3.02. The Balaban J connectivity index is 1.67. The van der Waals surface area contributed by atoms with Gasteiger partial charge in [0, 0.05) is 25.5 Å². The number of carbonyl (C=O) groups excluding carboxylic acids is 2. The van der Waals surface area contributed by atoms with E-state index in [1.54, 1.807) is 7.11 Å². The van der Waals surface area contributed by atoms with Crippen molar-refractivity contribution in [1.29, 1.82) is 0 Å². The molecular formula is C20H31N3O3. The first-order chi connectivity index (χ1) is 12.5. The van der Waals surface area contributed by atoms with E-state index in [0.717, 1.165) is 31.5 Å². The summed E-state index contributed by atoms with van der Waals surface area (Å²) >= 11 is 0. The van der Waals surface area contributed by atoms with Crippen molar-refractivity contribution in [3.05, 3.63) is 35.4 Å². The summed E-state index contributed by atoms with van der Waals surface area (Å²) in [5.74, 6) is -0.253. The molecule has 144 valence electrons. The third-order valence-corrected chi connectivity index (χ3v) is 4.98. The molecule has 26 heavy (non-hydrogen) atoms. The van der Waals surface area contributed by atoms with Gasteiger partial charge in [0.25, 0.3) is 0 Å². The minimum atomic E-state index is -0.150. The normalized spacial score (nSPS) is 16.1. The molecule has 1 aliphatic heterocycles. The van der Waals surface area contributed by atoms with Gasteiger partial charge in [-0.1, -0.05) is 29.8 Å². The highest BCUT2D eigenvalue weighted by Crippen LogP contribution is 2.28. The number of piperidine rings is 1. The van der Waals surface area contributed by atoms with Gasteiger partial charge in [0.05, 0.1) is 13.2 Å². The zero-order chi connectivity index (χ0) is 18.8. The zero-order valence-corrected chi connectivity index (χ0v) is 15.9. The molecule has 2 rings (SSSR count). The summed E-state index contributed by atoms with van der Waals surface area (Å²) in [5, 5.41) is 8.98. The molecule has 6 nitrogen and oxygen atoms in total. The summed E-state index contributed by atoms with van der Waals surface area (Å²) in [6, 6.07) is 8.14. The van der Waals surface area contributed by atoms with Crippen molar-refractivity contribution >= 4 is 11.8 Å². The first-order valence-electron chi connectivity index (χ1n) is 9.32. The van der Waals surface area contributed by atoms with Crippen molar-refractivity contribution in [2.24, 2.45) is 5.41 Å². The maximum atomic E-state index is 12.1. The predicted molar refractivity (Wildman–Crippen MR) is 102 cm³/mol. The summed E-state index contributed by atoms with van der Waals surface area (Å²) < 4.78 is 5.35. The monoisotopic (exact) mass is 361 g/mol. The lowest BCUT2D eigenvalue weighted by Crippen LogP contribution is -2.48. The van der Waals surface area contributed by atoms with E-state index in [4.69, 9.17) is 4.74 Å². The van der Waals surface area contributed by atoms with Crippen LogP contribution in [0.3, 0.4) is 0 Å². The third-order valence-electron chi connectivity index (χ3n) is 4.98. The molecule has 1 heterocycles. The van der Waals surface area contributed by atoms with E-state index in [1.807, 2.05) is 31.2 Å². The van der Waals surface area contributed by atoms with Crippen molar-refractivity contribution in [1.82, 2.24) is 16.0 Å². The van der Waals surface area contributed by atoms with Crippen molar-refractivity contribution in [2.45, 2.75) is 32.6 Å². The van der Waals surface area contributed by atoms with Crippen LogP contribution in [0.4, 0.5) is 0 Å². The Morgan fingerprint density at radius 3 is 2.46 bits per heavy atom. The molecule has 1 fully saturated rings. The van der Waals surface area contributed by atoms with Gasteiger partial charge in [0.2, 0.25) is 11.8 Å². The first kappa shape index (κ1) is 20.4. The molecule has 0 atom stereocenters. The second kappa shape index (κ2) is 10.3. The topological polar surface area (TPSA) is 79.5 Å².